The number of anilines is 1. The highest BCUT2D eigenvalue weighted by atomic mass is 32.1. The first-order valence-electron chi connectivity index (χ1n) is 8.35. The Hall–Kier alpha value is -1.76. The van der Waals surface area contributed by atoms with Crippen LogP contribution < -0.4 is 4.90 Å². The summed E-state index contributed by atoms with van der Waals surface area (Å²) in [5.41, 5.74) is 2.33. The van der Waals surface area contributed by atoms with Crippen molar-refractivity contribution in [1.29, 1.82) is 0 Å². The van der Waals surface area contributed by atoms with Gasteiger partial charge in [0.1, 0.15) is 11.1 Å². The molecule has 2 aliphatic rings. The third kappa shape index (κ3) is 2.97. The number of para-hydroxylation sites is 1. The van der Waals surface area contributed by atoms with Crippen molar-refractivity contribution >= 4 is 22.9 Å². The maximum atomic E-state index is 12.9. The highest BCUT2D eigenvalue weighted by molar-refractivity contribution is 7.09. The number of amides is 1. The van der Waals surface area contributed by atoms with Crippen LogP contribution in [0.2, 0.25) is 0 Å². The first-order valence-corrected chi connectivity index (χ1v) is 9.23. The highest BCUT2D eigenvalue weighted by Gasteiger charge is 2.32. The van der Waals surface area contributed by atoms with Gasteiger partial charge in [-0.25, -0.2) is 4.98 Å². The number of carbonyl (C=O) groups excluding carboxylic acids is 1. The summed E-state index contributed by atoms with van der Waals surface area (Å²) in [5, 5.41) is 2.96. The molecular weight excluding hydrogens is 322 g/mol. The lowest BCUT2D eigenvalue weighted by Crippen LogP contribution is -2.47. The molecule has 1 aromatic heterocycles. The number of fused-ring (bicyclic) bond motifs is 1. The van der Waals surface area contributed by atoms with Crippen LogP contribution in [-0.2, 0) is 16.0 Å². The molecule has 6 heteroatoms. The summed E-state index contributed by atoms with van der Waals surface area (Å²) >= 11 is 1.61. The molecule has 0 radical (unpaired) electrons. The third-order valence-electron chi connectivity index (χ3n) is 4.71. The van der Waals surface area contributed by atoms with Gasteiger partial charge in [-0.2, -0.15) is 0 Å². The molecule has 0 N–H and O–H groups in total. The molecule has 1 aromatic carbocycles. The number of thiazole rings is 1. The molecule has 2 atom stereocenters. The topological polar surface area (TPSA) is 45.7 Å². The molecule has 2 aromatic rings. The van der Waals surface area contributed by atoms with Crippen LogP contribution in [0.5, 0.6) is 0 Å². The first-order chi connectivity index (χ1) is 11.7. The lowest BCUT2D eigenvalue weighted by Gasteiger charge is -2.33. The van der Waals surface area contributed by atoms with Gasteiger partial charge in [0, 0.05) is 36.4 Å². The van der Waals surface area contributed by atoms with Crippen molar-refractivity contribution in [2.45, 2.75) is 25.5 Å². The quantitative estimate of drug-likeness (QED) is 0.859. The lowest BCUT2D eigenvalue weighted by atomic mass is 10.1. The van der Waals surface area contributed by atoms with Crippen molar-refractivity contribution in [2.75, 3.05) is 31.1 Å². The lowest BCUT2D eigenvalue weighted by molar-refractivity contribution is -0.122. The summed E-state index contributed by atoms with van der Waals surface area (Å²) in [7, 11) is 0. The fourth-order valence-electron chi connectivity index (χ4n) is 3.60. The maximum Gasteiger partial charge on any atom is 0.241 e. The molecule has 24 heavy (non-hydrogen) atoms. The fraction of sp³-hybridized carbons (Fsp3) is 0.444. The van der Waals surface area contributed by atoms with Crippen molar-refractivity contribution in [1.82, 2.24) is 9.88 Å². The van der Waals surface area contributed by atoms with Crippen molar-refractivity contribution < 1.29 is 9.53 Å². The minimum Gasteiger partial charge on any atom is -0.368 e. The van der Waals surface area contributed by atoms with E-state index in [2.05, 4.69) is 28.9 Å². The predicted octanol–water partition coefficient (Wildman–Crippen LogP) is 2.49. The second kappa shape index (κ2) is 6.63. The SMILES string of the molecule is C[C@H]1Cc2ccccc2N1C(=O)CN1CCO[C@H](c2nccs2)C1. The Morgan fingerprint density at radius 1 is 1.42 bits per heavy atom. The molecule has 0 bridgehead atoms. The summed E-state index contributed by atoms with van der Waals surface area (Å²) in [4.78, 5) is 21.4. The molecule has 3 heterocycles. The van der Waals surface area contributed by atoms with Crippen LogP contribution in [0, 0.1) is 0 Å². The predicted molar refractivity (Wildman–Crippen MR) is 94.3 cm³/mol. The average molecular weight is 343 g/mol. The van der Waals surface area contributed by atoms with E-state index in [0.717, 1.165) is 30.2 Å². The number of rotatable bonds is 3. The fourth-order valence-corrected chi connectivity index (χ4v) is 4.28. The van der Waals surface area contributed by atoms with Crippen molar-refractivity contribution in [2.24, 2.45) is 0 Å². The maximum absolute atomic E-state index is 12.9. The Morgan fingerprint density at radius 2 is 2.29 bits per heavy atom. The summed E-state index contributed by atoms with van der Waals surface area (Å²) in [5.74, 6) is 0.173. The van der Waals surface area contributed by atoms with Gasteiger partial charge in [0.05, 0.1) is 13.2 Å². The van der Waals surface area contributed by atoms with Gasteiger partial charge in [0.15, 0.2) is 0 Å². The van der Waals surface area contributed by atoms with E-state index in [-0.39, 0.29) is 18.1 Å². The van der Waals surface area contributed by atoms with Crippen LogP contribution in [0.15, 0.2) is 35.8 Å². The molecule has 0 spiro atoms. The molecule has 4 rings (SSSR count). The molecule has 2 aliphatic heterocycles. The van der Waals surface area contributed by atoms with E-state index >= 15 is 0 Å². The highest BCUT2D eigenvalue weighted by Crippen LogP contribution is 2.32. The molecular formula is C18H21N3O2S. The Labute approximate surface area is 145 Å². The molecule has 126 valence electrons. The van der Waals surface area contributed by atoms with Gasteiger partial charge in [-0.3, -0.25) is 9.69 Å². The molecule has 5 nitrogen and oxygen atoms in total. The largest absolute Gasteiger partial charge is 0.368 e. The number of ether oxygens (including phenoxy) is 1. The number of hydrogen-bond donors (Lipinski definition) is 0. The zero-order valence-corrected chi connectivity index (χ0v) is 14.5. The van der Waals surface area contributed by atoms with Gasteiger partial charge in [-0.15, -0.1) is 11.3 Å². The number of nitrogens with zero attached hydrogens (tertiary/aromatic N) is 3. The van der Waals surface area contributed by atoms with E-state index < -0.39 is 0 Å². The van der Waals surface area contributed by atoms with E-state index in [1.54, 1.807) is 17.5 Å². The Kier molecular flexibility index (Phi) is 4.35. The van der Waals surface area contributed by atoms with E-state index in [1.165, 1.54) is 5.56 Å². The standard InChI is InChI=1S/C18H21N3O2S/c1-13-10-14-4-2-3-5-15(14)21(13)17(22)12-20-7-8-23-16(11-20)18-19-6-9-24-18/h2-6,9,13,16H,7-8,10-12H2,1H3/t13-,16-/m0/s1. The minimum atomic E-state index is -0.0187. The van der Waals surface area contributed by atoms with E-state index in [4.69, 9.17) is 4.74 Å². The summed E-state index contributed by atoms with van der Waals surface area (Å²) in [6.07, 6.45) is 2.72. The zero-order valence-electron chi connectivity index (χ0n) is 13.7. The number of carbonyl (C=O) groups is 1. The van der Waals surface area contributed by atoms with Crippen LogP contribution >= 0.6 is 11.3 Å². The third-order valence-corrected chi connectivity index (χ3v) is 5.58. The van der Waals surface area contributed by atoms with Crippen molar-refractivity contribution in [3.63, 3.8) is 0 Å². The number of hydrogen-bond acceptors (Lipinski definition) is 5. The molecule has 0 saturated carbocycles. The molecule has 0 unspecified atom stereocenters. The van der Waals surface area contributed by atoms with Gasteiger partial charge in [-0.1, -0.05) is 18.2 Å². The van der Waals surface area contributed by atoms with Crippen LogP contribution in [-0.4, -0.2) is 48.1 Å². The monoisotopic (exact) mass is 343 g/mol. The summed E-state index contributed by atoms with van der Waals surface area (Å²) in [6.45, 7) is 4.71. The number of benzene rings is 1. The van der Waals surface area contributed by atoms with Crippen molar-refractivity contribution in [3.8, 4) is 0 Å². The second-order valence-electron chi connectivity index (χ2n) is 6.41. The number of aromatic nitrogens is 1. The van der Waals surface area contributed by atoms with Gasteiger partial charge < -0.3 is 9.64 Å². The van der Waals surface area contributed by atoms with Crippen LogP contribution in [0.3, 0.4) is 0 Å². The van der Waals surface area contributed by atoms with Gasteiger partial charge in [0.25, 0.3) is 0 Å². The van der Waals surface area contributed by atoms with Gasteiger partial charge in [0.2, 0.25) is 5.91 Å². The summed E-state index contributed by atoms with van der Waals surface area (Å²) in [6, 6.07) is 8.44. The van der Waals surface area contributed by atoms with Crippen LogP contribution in [0.1, 0.15) is 23.6 Å². The Morgan fingerprint density at radius 3 is 3.12 bits per heavy atom. The first kappa shape index (κ1) is 15.7. The molecule has 1 saturated heterocycles. The van der Waals surface area contributed by atoms with E-state index in [1.807, 2.05) is 22.4 Å². The molecule has 1 fully saturated rings. The van der Waals surface area contributed by atoms with Crippen LogP contribution in [0.4, 0.5) is 5.69 Å². The molecule has 1 amide bonds. The smallest absolute Gasteiger partial charge is 0.241 e. The van der Waals surface area contributed by atoms with E-state index in [9.17, 15) is 4.79 Å². The zero-order chi connectivity index (χ0) is 16.5. The normalized spacial score (nSPS) is 24.1. The molecule has 0 aliphatic carbocycles. The van der Waals surface area contributed by atoms with Crippen LogP contribution in [0.25, 0.3) is 0 Å². The second-order valence-corrected chi connectivity index (χ2v) is 7.34. The van der Waals surface area contributed by atoms with Gasteiger partial charge in [-0.05, 0) is 25.0 Å². The van der Waals surface area contributed by atoms with Crippen molar-refractivity contribution in [3.05, 3.63) is 46.4 Å². The average Bonchev–Trinajstić information content (AvgIpc) is 3.21. The number of morpholine rings is 1. The summed E-state index contributed by atoms with van der Waals surface area (Å²) < 4.78 is 5.82. The Bertz CT molecular complexity index is 719. The van der Waals surface area contributed by atoms with Gasteiger partial charge >= 0.3 is 0 Å². The minimum absolute atomic E-state index is 0.0187. The van der Waals surface area contributed by atoms with E-state index in [0.29, 0.717) is 13.2 Å². The Balaban J connectivity index is 1.44.